The Morgan fingerprint density at radius 1 is 1.18 bits per heavy atom. The quantitative estimate of drug-likeness (QED) is 0.149. The highest BCUT2D eigenvalue weighted by atomic mass is 16.6. The molecule has 0 aromatic carbocycles. The first kappa shape index (κ1) is 31.6. The lowest BCUT2D eigenvalue weighted by Gasteiger charge is -2.38. The van der Waals surface area contributed by atoms with Gasteiger partial charge in [0.2, 0.25) is 0 Å². The summed E-state index contributed by atoms with van der Waals surface area (Å²) in [5.74, 6) is -2.29. The van der Waals surface area contributed by atoms with Crippen LogP contribution in [0.1, 0.15) is 60.3 Å². The van der Waals surface area contributed by atoms with E-state index in [-0.39, 0.29) is 13.0 Å². The van der Waals surface area contributed by atoms with Crippen molar-refractivity contribution in [3.8, 4) is 0 Å². The van der Waals surface area contributed by atoms with Gasteiger partial charge >= 0.3 is 17.9 Å². The molecule has 0 aliphatic carbocycles. The predicted octanol–water partition coefficient (Wildman–Crippen LogP) is 1.98. The van der Waals surface area contributed by atoms with Gasteiger partial charge in [-0.25, -0.2) is 0 Å². The van der Waals surface area contributed by atoms with Gasteiger partial charge in [-0.15, -0.1) is 6.58 Å². The van der Waals surface area contributed by atoms with Gasteiger partial charge in [0.1, 0.15) is 31.0 Å². The summed E-state index contributed by atoms with van der Waals surface area (Å²) in [7, 11) is 0. The van der Waals surface area contributed by atoms with Crippen molar-refractivity contribution in [3.05, 3.63) is 24.8 Å². The second-order valence-corrected chi connectivity index (χ2v) is 9.74. The minimum absolute atomic E-state index is 0.0115. The molecule has 0 amide bonds. The number of rotatable bonds is 14. The molecule has 8 atom stereocenters. The Labute approximate surface area is 223 Å². The Hall–Kier alpha value is -2.60. The fraction of sp³-hybridized carbons (Fsp3) is 0.704. The second-order valence-electron chi connectivity index (χ2n) is 9.74. The first-order valence-corrected chi connectivity index (χ1v) is 12.9. The van der Waals surface area contributed by atoms with Crippen LogP contribution in [0.3, 0.4) is 0 Å². The fourth-order valence-electron chi connectivity index (χ4n) is 4.52. The highest BCUT2D eigenvalue weighted by Crippen LogP contribution is 2.35. The zero-order valence-electron chi connectivity index (χ0n) is 22.8. The van der Waals surface area contributed by atoms with E-state index in [0.717, 1.165) is 6.42 Å². The van der Waals surface area contributed by atoms with Crippen LogP contribution in [0.15, 0.2) is 24.8 Å². The Morgan fingerprint density at radius 3 is 2.45 bits per heavy atom. The standard InChI is InChI=1S/C27H40O11/c1-7-9-13-33-24-21(14-19(35-17(4)29)15-34-16(3)28)37-25(22(24)32)26(36-18(5)30)23-20(31)10-12-27(6,38-23)11-8-2/h8,10,12,19,21-26,32H,2,7,9,11,13-15H2,1,3-6H3/t19-,21?,22-,23?,24?,25?,26-,27-/m1/s1. The number of hydrogen-bond acceptors (Lipinski definition) is 11. The average Bonchev–Trinajstić information content (AvgIpc) is 3.12. The molecule has 11 nitrogen and oxygen atoms in total. The highest BCUT2D eigenvalue weighted by Gasteiger charge is 2.54. The molecule has 11 heteroatoms. The lowest BCUT2D eigenvalue weighted by atomic mass is 9.91. The molecule has 2 rings (SSSR count). The number of aliphatic hydroxyl groups is 1. The molecule has 0 radical (unpaired) electrons. The summed E-state index contributed by atoms with van der Waals surface area (Å²) in [6.45, 7) is 11.2. The lowest BCUT2D eigenvalue weighted by Crippen LogP contribution is -2.54. The molecule has 0 aromatic rings. The van der Waals surface area contributed by atoms with E-state index in [2.05, 4.69) is 6.58 Å². The summed E-state index contributed by atoms with van der Waals surface area (Å²) in [6, 6.07) is 0. The van der Waals surface area contributed by atoms with Crippen molar-refractivity contribution in [2.24, 2.45) is 0 Å². The van der Waals surface area contributed by atoms with Crippen molar-refractivity contribution < 1.29 is 52.7 Å². The van der Waals surface area contributed by atoms with Gasteiger partial charge in [0.25, 0.3) is 0 Å². The molecule has 2 aliphatic rings. The Bertz CT molecular complexity index is 884. The third-order valence-corrected chi connectivity index (χ3v) is 6.23. The van der Waals surface area contributed by atoms with Gasteiger partial charge in [-0.2, -0.15) is 0 Å². The van der Waals surface area contributed by atoms with Crippen LogP contribution in [0.2, 0.25) is 0 Å². The Kier molecular flexibility index (Phi) is 12.1. The number of ketones is 1. The molecule has 2 heterocycles. The molecule has 1 saturated heterocycles. The molecule has 1 N–H and O–H groups in total. The summed E-state index contributed by atoms with van der Waals surface area (Å²) in [5, 5.41) is 11.3. The van der Waals surface area contributed by atoms with Crippen LogP contribution in [0, 0.1) is 0 Å². The molecule has 0 bridgehead atoms. The minimum Gasteiger partial charge on any atom is -0.462 e. The van der Waals surface area contributed by atoms with Crippen LogP contribution in [-0.4, -0.2) is 90.3 Å². The smallest absolute Gasteiger partial charge is 0.303 e. The summed E-state index contributed by atoms with van der Waals surface area (Å²) in [4.78, 5) is 48.0. The van der Waals surface area contributed by atoms with Crippen molar-refractivity contribution in [2.45, 2.75) is 109 Å². The van der Waals surface area contributed by atoms with Gasteiger partial charge in [0, 0.05) is 33.8 Å². The monoisotopic (exact) mass is 540 g/mol. The number of aliphatic hydroxyl groups excluding tert-OH is 1. The minimum atomic E-state index is -1.32. The van der Waals surface area contributed by atoms with E-state index in [1.165, 1.54) is 26.8 Å². The third-order valence-electron chi connectivity index (χ3n) is 6.23. The van der Waals surface area contributed by atoms with Gasteiger partial charge in [0.15, 0.2) is 18.0 Å². The molecule has 4 unspecified atom stereocenters. The zero-order chi connectivity index (χ0) is 28.5. The summed E-state index contributed by atoms with van der Waals surface area (Å²) >= 11 is 0. The first-order chi connectivity index (χ1) is 17.9. The number of esters is 3. The van der Waals surface area contributed by atoms with E-state index in [1.54, 1.807) is 19.1 Å². The maximum absolute atomic E-state index is 12.9. The van der Waals surface area contributed by atoms with Gasteiger partial charge < -0.3 is 33.5 Å². The number of hydrogen-bond donors (Lipinski definition) is 1. The summed E-state index contributed by atoms with van der Waals surface area (Å²) in [6.07, 6.45) is -1.14. The summed E-state index contributed by atoms with van der Waals surface area (Å²) in [5.41, 5.74) is -0.886. The topological polar surface area (TPSA) is 144 Å². The van der Waals surface area contributed by atoms with Crippen LogP contribution < -0.4 is 0 Å². The molecular weight excluding hydrogens is 500 g/mol. The largest absolute Gasteiger partial charge is 0.462 e. The normalized spacial score (nSPS) is 30.4. The molecule has 0 spiro atoms. The van der Waals surface area contributed by atoms with Gasteiger partial charge in [-0.3, -0.25) is 19.2 Å². The zero-order valence-corrected chi connectivity index (χ0v) is 22.8. The van der Waals surface area contributed by atoms with Crippen LogP contribution in [0.4, 0.5) is 0 Å². The van der Waals surface area contributed by atoms with Crippen LogP contribution >= 0.6 is 0 Å². The van der Waals surface area contributed by atoms with Crippen LogP contribution in [0.25, 0.3) is 0 Å². The van der Waals surface area contributed by atoms with Gasteiger partial charge in [-0.1, -0.05) is 19.4 Å². The molecule has 38 heavy (non-hydrogen) atoms. The molecular formula is C27H40O11. The number of ether oxygens (including phenoxy) is 6. The van der Waals surface area contributed by atoms with Gasteiger partial charge in [0.05, 0.1) is 11.7 Å². The Balaban J connectivity index is 2.37. The fourth-order valence-corrected chi connectivity index (χ4v) is 4.52. The molecule has 1 fully saturated rings. The van der Waals surface area contributed by atoms with Crippen molar-refractivity contribution in [1.82, 2.24) is 0 Å². The SMILES string of the molecule is C=CC[C@]1(C)C=CC(=O)C([C@@H](OC(C)=O)C2OC(C[C@H](COC(C)=O)OC(C)=O)C(OCCCC)[C@H]2O)O1. The lowest BCUT2D eigenvalue weighted by molar-refractivity contribution is -0.191. The van der Waals surface area contributed by atoms with E-state index < -0.39 is 72.0 Å². The average molecular weight is 541 g/mol. The Morgan fingerprint density at radius 2 is 1.87 bits per heavy atom. The van der Waals surface area contributed by atoms with Crippen LogP contribution in [-0.2, 0) is 47.6 Å². The van der Waals surface area contributed by atoms with E-state index in [4.69, 9.17) is 28.4 Å². The maximum Gasteiger partial charge on any atom is 0.303 e. The molecule has 2 aliphatic heterocycles. The number of unbranched alkanes of at least 4 members (excludes halogenated alkanes) is 1. The van der Waals surface area contributed by atoms with E-state index in [9.17, 15) is 24.3 Å². The van der Waals surface area contributed by atoms with Crippen LogP contribution in [0.5, 0.6) is 0 Å². The van der Waals surface area contributed by atoms with Crippen molar-refractivity contribution >= 4 is 23.7 Å². The molecule has 214 valence electrons. The van der Waals surface area contributed by atoms with E-state index in [1.807, 2.05) is 6.92 Å². The second kappa shape index (κ2) is 14.5. The van der Waals surface area contributed by atoms with Crippen molar-refractivity contribution in [1.29, 1.82) is 0 Å². The molecule has 0 aromatic heterocycles. The first-order valence-electron chi connectivity index (χ1n) is 12.9. The van der Waals surface area contributed by atoms with E-state index >= 15 is 0 Å². The maximum atomic E-state index is 12.9. The number of carbonyl (C=O) groups is 4. The molecule has 0 saturated carbocycles. The summed E-state index contributed by atoms with van der Waals surface area (Å²) < 4.78 is 34.1. The number of carbonyl (C=O) groups excluding carboxylic acids is 4. The van der Waals surface area contributed by atoms with Crippen molar-refractivity contribution in [2.75, 3.05) is 13.2 Å². The van der Waals surface area contributed by atoms with Gasteiger partial charge in [-0.05, 0) is 31.9 Å². The predicted molar refractivity (Wildman–Crippen MR) is 134 cm³/mol. The highest BCUT2D eigenvalue weighted by molar-refractivity contribution is 5.95. The van der Waals surface area contributed by atoms with Crippen molar-refractivity contribution in [3.63, 3.8) is 0 Å². The third kappa shape index (κ3) is 9.00. The van der Waals surface area contributed by atoms with E-state index in [0.29, 0.717) is 19.4 Å².